The highest BCUT2D eigenvalue weighted by Crippen LogP contribution is 2.32. The van der Waals surface area contributed by atoms with E-state index in [1.54, 1.807) is 30.6 Å². The van der Waals surface area contributed by atoms with Crippen molar-refractivity contribution in [2.75, 3.05) is 12.4 Å². The van der Waals surface area contributed by atoms with Gasteiger partial charge in [-0.05, 0) is 62.9 Å². The molecule has 170 valence electrons. The van der Waals surface area contributed by atoms with Crippen LogP contribution in [0.3, 0.4) is 0 Å². The molecule has 0 aromatic carbocycles. The first-order chi connectivity index (χ1) is 16.0. The summed E-state index contributed by atoms with van der Waals surface area (Å²) in [5.41, 5.74) is 1.68. The number of amides is 3. The third-order valence-electron chi connectivity index (χ3n) is 5.58. The molecule has 1 aliphatic carbocycles. The molecule has 0 spiro atoms. The Kier molecular flexibility index (Phi) is 6.60. The smallest absolute Gasteiger partial charge is 0.327 e. The largest absolute Gasteiger partial charge is 0.456 e. The average Bonchev–Trinajstić information content (AvgIpc) is 3.31. The first kappa shape index (κ1) is 22.3. The standard InChI is InChI=1S/C24H25N5O4/c1-16-13-17(7-11-25-16)20-14-18(8-12-26-20)33-19-5-6-21(27-15-19)28-23(31)29-22(30)24(32-2)9-3-4-10-24/h5-8,11-15H,3-4,9-10H2,1-2H3,(H2,27,28,29,30,31). The highest BCUT2D eigenvalue weighted by Gasteiger charge is 2.42. The maximum atomic E-state index is 12.5. The lowest BCUT2D eigenvalue weighted by molar-refractivity contribution is -0.141. The van der Waals surface area contributed by atoms with Gasteiger partial charge in [-0.1, -0.05) is 0 Å². The van der Waals surface area contributed by atoms with Crippen LogP contribution >= 0.6 is 0 Å². The van der Waals surface area contributed by atoms with Crippen LogP contribution in [0.5, 0.6) is 11.5 Å². The minimum Gasteiger partial charge on any atom is -0.456 e. The molecule has 0 saturated heterocycles. The number of carbonyl (C=O) groups is 2. The number of nitrogens with one attached hydrogen (secondary N) is 2. The maximum Gasteiger partial charge on any atom is 0.327 e. The monoisotopic (exact) mass is 447 g/mol. The van der Waals surface area contributed by atoms with Gasteiger partial charge < -0.3 is 9.47 Å². The fraction of sp³-hybridized carbons (Fsp3) is 0.292. The van der Waals surface area contributed by atoms with Crippen molar-refractivity contribution < 1.29 is 19.1 Å². The van der Waals surface area contributed by atoms with Gasteiger partial charge in [0.25, 0.3) is 5.91 Å². The van der Waals surface area contributed by atoms with Crippen LogP contribution in [-0.2, 0) is 9.53 Å². The summed E-state index contributed by atoms with van der Waals surface area (Å²) >= 11 is 0. The highest BCUT2D eigenvalue weighted by atomic mass is 16.5. The van der Waals surface area contributed by atoms with Crippen LogP contribution < -0.4 is 15.4 Å². The van der Waals surface area contributed by atoms with Gasteiger partial charge in [-0.25, -0.2) is 9.78 Å². The van der Waals surface area contributed by atoms with Crippen LogP contribution in [0.2, 0.25) is 0 Å². The molecule has 2 N–H and O–H groups in total. The van der Waals surface area contributed by atoms with Crippen molar-refractivity contribution in [2.24, 2.45) is 0 Å². The molecule has 0 aliphatic heterocycles. The Morgan fingerprint density at radius 3 is 2.45 bits per heavy atom. The number of nitrogens with zero attached hydrogens (tertiary/aromatic N) is 3. The third kappa shape index (κ3) is 5.32. The summed E-state index contributed by atoms with van der Waals surface area (Å²) in [6, 6.07) is 10.0. The summed E-state index contributed by atoms with van der Waals surface area (Å²) in [5, 5.41) is 4.90. The number of aryl methyl sites for hydroxylation is 1. The maximum absolute atomic E-state index is 12.5. The topological polar surface area (TPSA) is 115 Å². The van der Waals surface area contributed by atoms with Gasteiger partial charge in [-0.2, -0.15) is 0 Å². The third-order valence-corrected chi connectivity index (χ3v) is 5.58. The molecule has 1 saturated carbocycles. The lowest BCUT2D eigenvalue weighted by atomic mass is 10.0. The molecule has 9 heteroatoms. The Morgan fingerprint density at radius 1 is 0.970 bits per heavy atom. The number of pyridine rings is 3. The summed E-state index contributed by atoms with van der Waals surface area (Å²) in [6.45, 7) is 1.92. The molecular weight excluding hydrogens is 422 g/mol. The predicted molar refractivity (Wildman–Crippen MR) is 122 cm³/mol. The van der Waals surface area contributed by atoms with E-state index < -0.39 is 17.5 Å². The zero-order chi connectivity index (χ0) is 23.3. The van der Waals surface area contributed by atoms with Crippen LogP contribution in [0.1, 0.15) is 31.4 Å². The molecule has 4 rings (SSSR count). The normalized spacial score (nSPS) is 14.5. The van der Waals surface area contributed by atoms with Crippen molar-refractivity contribution in [2.45, 2.75) is 38.2 Å². The van der Waals surface area contributed by atoms with Crippen molar-refractivity contribution in [3.05, 3.63) is 60.7 Å². The van der Waals surface area contributed by atoms with E-state index in [0.29, 0.717) is 24.3 Å². The molecule has 0 unspecified atom stereocenters. The van der Waals surface area contributed by atoms with E-state index in [2.05, 4.69) is 25.6 Å². The number of methoxy groups -OCH3 is 1. The van der Waals surface area contributed by atoms with Gasteiger partial charge >= 0.3 is 6.03 Å². The zero-order valence-corrected chi connectivity index (χ0v) is 18.5. The minimum absolute atomic E-state index is 0.285. The molecule has 9 nitrogen and oxygen atoms in total. The molecule has 3 amide bonds. The van der Waals surface area contributed by atoms with Crippen molar-refractivity contribution >= 4 is 17.8 Å². The quantitative estimate of drug-likeness (QED) is 0.580. The van der Waals surface area contributed by atoms with Crippen molar-refractivity contribution in [1.82, 2.24) is 20.3 Å². The Morgan fingerprint density at radius 2 is 1.76 bits per heavy atom. The fourth-order valence-corrected chi connectivity index (χ4v) is 3.82. The lowest BCUT2D eigenvalue weighted by Crippen LogP contribution is -2.49. The Balaban J connectivity index is 1.36. The Bertz CT molecular complexity index is 1140. The van der Waals surface area contributed by atoms with E-state index in [1.807, 2.05) is 25.1 Å². The van der Waals surface area contributed by atoms with Crippen molar-refractivity contribution in [1.29, 1.82) is 0 Å². The fourth-order valence-electron chi connectivity index (χ4n) is 3.82. The molecule has 3 aromatic heterocycles. The lowest BCUT2D eigenvalue weighted by Gasteiger charge is -2.25. The molecule has 0 radical (unpaired) electrons. The number of carbonyl (C=O) groups excluding carboxylic acids is 2. The van der Waals surface area contributed by atoms with Crippen LogP contribution in [0.15, 0.2) is 55.0 Å². The molecule has 0 atom stereocenters. The number of anilines is 1. The number of urea groups is 1. The zero-order valence-electron chi connectivity index (χ0n) is 18.5. The molecule has 3 heterocycles. The SMILES string of the molecule is COC1(C(=O)NC(=O)Nc2ccc(Oc3ccnc(-c4ccnc(C)c4)c3)cn2)CCCC1. The molecule has 3 aromatic rings. The molecule has 33 heavy (non-hydrogen) atoms. The van der Waals surface area contributed by atoms with E-state index in [-0.39, 0.29) is 5.82 Å². The van der Waals surface area contributed by atoms with Gasteiger partial charge in [0.15, 0.2) is 0 Å². The second-order valence-corrected chi connectivity index (χ2v) is 7.86. The van der Waals surface area contributed by atoms with Gasteiger partial charge in [0.05, 0.1) is 11.9 Å². The second-order valence-electron chi connectivity index (χ2n) is 7.86. The van der Waals surface area contributed by atoms with Crippen LogP contribution in [0, 0.1) is 6.92 Å². The first-order valence-electron chi connectivity index (χ1n) is 10.7. The van der Waals surface area contributed by atoms with Crippen molar-refractivity contribution in [3.8, 4) is 22.8 Å². The number of aromatic nitrogens is 3. The van der Waals surface area contributed by atoms with E-state index in [9.17, 15) is 9.59 Å². The summed E-state index contributed by atoms with van der Waals surface area (Å²) < 4.78 is 11.3. The van der Waals surface area contributed by atoms with E-state index >= 15 is 0 Å². The second kappa shape index (κ2) is 9.74. The van der Waals surface area contributed by atoms with Crippen LogP contribution in [-0.4, -0.2) is 39.6 Å². The summed E-state index contributed by atoms with van der Waals surface area (Å²) in [6.07, 6.45) is 7.89. The molecular formula is C24H25N5O4. The van der Waals surface area contributed by atoms with Crippen LogP contribution in [0.25, 0.3) is 11.3 Å². The van der Waals surface area contributed by atoms with Gasteiger partial charge in [-0.15, -0.1) is 0 Å². The molecule has 1 aliphatic rings. The van der Waals surface area contributed by atoms with Gasteiger partial charge in [-0.3, -0.25) is 25.4 Å². The summed E-state index contributed by atoms with van der Waals surface area (Å²) in [5.74, 6) is 0.942. The predicted octanol–water partition coefficient (Wildman–Crippen LogP) is 4.25. The average molecular weight is 447 g/mol. The number of hydrogen-bond donors (Lipinski definition) is 2. The minimum atomic E-state index is -0.930. The number of imide groups is 1. The molecule has 1 fully saturated rings. The van der Waals surface area contributed by atoms with Crippen molar-refractivity contribution in [3.63, 3.8) is 0 Å². The number of ether oxygens (including phenoxy) is 2. The number of rotatable bonds is 6. The van der Waals surface area contributed by atoms with E-state index in [1.165, 1.54) is 13.3 Å². The highest BCUT2D eigenvalue weighted by molar-refractivity contribution is 6.03. The van der Waals surface area contributed by atoms with Gasteiger partial charge in [0, 0.05) is 36.8 Å². The van der Waals surface area contributed by atoms with Gasteiger partial charge in [0.1, 0.15) is 22.9 Å². The summed E-state index contributed by atoms with van der Waals surface area (Å²) in [7, 11) is 1.49. The van der Waals surface area contributed by atoms with E-state index in [0.717, 1.165) is 29.8 Å². The Hall–Kier alpha value is -3.85. The molecule has 0 bridgehead atoms. The first-order valence-corrected chi connectivity index (χ1v) is 10.7. The number of hydrogen-bond acceptors (Lipinski definition) is 7. The van der Waals surface area contributed by atoms with E-state index in [4.69, 9.17) is 9.47 Å². The van der Waals surface area contributed by atoms with Gasteiger partial charge in [0.2, 0.25) is 0 Å². The van der Waals surface area contributed by atoms with Crippen LogP contribution in [0.4, 0.5) is 10.6 Å². The Labute approximate surface area is 191 Å². The summed E-state index contributed by atoms with van der Waals surface area (Å²) in [4.78, 5) is 37.5.